The molecule has 0 radical (unpaired) electrons. The lowest BCUT2D eigenvalue weighted by Crippen LogP contribution is -2.54. The fourth-order valence-electron chi connectivity index (χ4n) is 4.58. The molecule has 0 N–H and O–H groups in total. The summed E-state index contributed by atoms with van der Waals surface area (Å²) in [6, 6.07) is 15.8. The van der Waals surface area contributed by atoms with Crippen LogP contribution in [0.4, 0.5) is 0 Å². The Morgan fingerprint density at radius 1 is 0.964 bits per heavy atom. The third kappa shape index (κ3) is 4.11. The molecule has 2 aliphatic rings. The lowest BCUT2D eigenvalue weighted by atomic mass is 9.81. The first kappa shape index (κ1) is 19.8. The van der Waals surface area contributed by atoms with Crippen molar-refractivity contribution in [1.82, 2.24) is 4.90 Å². The van der Waals surface area contributed by atoms with Crippen LogP contribution in [0.3, 0.4) is 0 Å². The van der Waals surface area contributed by atoms with Crippen LogP contribution in [0.25, 0.3) is 11.1 Å². The zero-order valence-corrected chi connectivity index (χ0v) is 18.6. The van der Waals surface area contributed by atoms with E-state index in [-0.39, 0.29) is 11.1 Å². The lowest BCUT2D eigenvalue weighted by molar-refractivity contribution is -0.0355. The molecule has 4 rings (SSSR count). The van der Waals surface area contributed by atoms with Crippen LogP contribution in [-0.2, 0) is 12.2 Å². The molecule has 28 heavy (non-hydrogen) atoms. The Hall–Kier alpha value is -1.45. The quantitative estimate of drug-likeness (QED) is 0.616. The second kappa shape index (κ2) is 7.76. The molecule has 3 heteroatoms. The average molecular weight is 396 g/mol. The normalized spacial score (nSPS) is 19.3. The number of thioether (sulfide) groups is 1. The van der Waals surface area contributed by atoms with Crippen molar-refractivity contribution >= 4 is 11.8 Å². The van der Waals surface area contributed by atoms with Crippen LogP contribution >= 0.6 is 11.8 Å². The summed E-state index contributed by atoms with van der Waals surface area (Å²) in [4.78, 5) is 2.60. The van der Waals surface area contributed by atoms with Gasteiger partial charge in [-0.25, -0.2) is 0 Å². The first-order valence-corrected chi connectivity index (χ1v) is 11.9. The molecule has 1 saturated heterocycles. The van der Waals surface area contributed by atoms with E-state index in [1.54, 1.807) is 0 Å². The Bertz CT molecular complexity index is 813. The Morgan fingerprint density at radius 2 is 1.64 bits per heavy atom. The molecule has 0 saturated carbocycles. The highest BCUT2D eigenvalue weighted by molar-refractivity contribution is 7.97. The fraction of sp³-hybridized carbons (Fsp3) is 0.520. The number of hydrogen-bond acceptors (Lipinski definition) is 3. The van der Waals surface area contributed by atoms with Crippen molar-refractivity contribution in [3.8, 4) is 16.9 Å². The van der Waals surface area contributed by atoms with E-state index < -0.39 is 0 Å². The second-order valence-corrected chi connectivity index (χ2v) is 10.3. The summed E-state index contributed by atoms with van der Waals surface area (Å²) >= 11 is 1.87. The SMILES string of the molecule is CSCc1ccc(-c2ccc3c(c2)OC2(CC3)CCN(C(C)(C)C)CC2)cc1. The maximum absolute atomic E-state index is 6.72. The van der Waals surface area contributed by atoms with Gasteiger partial charge in [-0.2, -0.15) is 11.8 Å². The summed E-state index contributed by atoms with van der Waals surface area (Å²) in [5.74, 6) is 2.18. The molecule has 1 spiro atoms. The lowest BCUT2D eigenvalue weighted by Gasteiger charge is -2.48. The van der Waals surface area contributed by atoms with Gasteiger partial charge in [0.05, 0.1) is 0 Å². The smallest absolute Gasteiger partial charge is 0.123 e. The minimum Gasteiger partial charge on any atom is -0.487 e. The van der Waals surface area contributed by atoms with E-state index in [0.29, 0.717) is 0 Å². The summed E-state index contributed by atoms with van der Waals surface area (Å²) in [5, 5.41) is 0. The fourth-order valence-corrected chi connectivity index (χ4v) is 5.11. The first-order chi connectivity index (χ1) is 13.4. The van der Waals surface area contributed by atoms with Crippen molar-refractivity contribution in [2.75, 3.05) is 19.3 Å². The molecule has 2 aliphatic heterocycles. The molecule has 2 aromatic rings. The van der Waals surface area contributed by atoms with E-state index in [0.717, 1.165) is 50.3 Å². The van der Waals surface area contributed by atoms with Crippen molar-refractivity contribution in [3.63, 3.8) is 0 Å². The van der Waals surface area contributed by atoms with Crippen LogP contribution in [0.2, 0.25) is 0 Å². The van der Waals surface area contributed by atoms with Crippen LogP contribution in [-0.4, -0.2) is 35.4 Å². The van der Waals surface area contributed by atoms with Gasteiger partial charge in [-0.1, -0.05) is 36.4 Å². The van der Waals surface area contributed by atoms with Crippen molar-refractivity contribution < 1.29 is 4.74 Å². The first-order valence-electron chi connectivity index (χ1n) is 10.5. The van der Waals surface area contributed by atoms with Gasteiger partial charge < -0.3 is 4.74 Å². The van der Waals surface area contributed by atoms with E-state index in [4.69, 9.17) is 4.74 Å². The van der Waals surface area contributed by atoms with Crippen LogP contribution < -0.4 is 4.74 Å². The molecule has 0 bridgehead atoms. The molecule has 2 heterocycles. The zero-order valence-electron chi connectivity index (χ0n) is 17.8. The average Bonchev–Trinajstić information content (AvgIpc) is 2.68. The van der Waals surface area contributed by atoms with E-state index in [1.807, 2.05) is 11.8 Å². The molecular formula is C25H33NOS. The third-order valence-electron chi connectivity index (χ3n) is 6.47. The minimum atomic E-state index is 0.0373. The van der Waals surface area contributed by atoms with Gasteiger partial charge >= 0.3 is 0 Å². The minimum absolute atomic E-state index is 0.0373. The van der Waals surface area contributed by atoms with Crippen LogP contribution in [0.15, 0.2) is 42.5 Å². The van der Waals surface area contributed by atoms with Gasteiger partial charge in [0.2, 0.25) is 0 Å². The van der Waals surface area contributed by atoms with E-state index in [9.17, 15) is 0 Å². The number of ether oxygens (including phenoxy) is 1. The van der Waals surface area contributed by atoms with Crippen LogP contribution in [0, 0.1) is 0 Å². The topological polar surface area (TPSA) is 12.5 Å². The molecular weight excluding hydrogens is 362 g/mol. The zero-order chi connectivity index (χ0) is 19.8. The summed E-state index contributed by atoms with van der Waals surface area (Å²) in [6.07, 6.45) is 6.71. The number of hydrogen-bond donors (Lipinski definition) is 0. The van der Waals surface area contributed by atoms with Gasteiger partial charge in [-0.05, 0) is 81.0 Å². The van der Waals surface area contributed by atoms with Crippen LogP contribution in [0.5, 0.6) is 5.75 Å². The molecule has 2 nitrogen and oxygen atoms in total. The molecule has 2 aromatic carbocycles. The summed E-state index contributed by atoms with van der Waals surface area (Å²) < 4.78 is 6.72. The third-order valence-corrected chi connectivity index (χ3v) is 7.09. The van der Waals surface area contributed by atoms with Gasteiger partial charge in [-0.3, -0.25) is 4.90 Å². The Labute approximate surface area is 174 Å². The molecule has 150 valence electrons. The summed E-state index contributed by atoms with van der Waals surface area (Å²) in [7, 11) is 0. The molecule has 0 aromatic heterocycles. The highest BCUT2D eigenvalue weighted by Crippen LogP contribution is 2.41. The number of rotatable bonds is 3. The Kier molecular flexibility index (Phi) is 5.50. The molecule has 0 unspecified atom stereocenters. The number of piperidine rings is 1. The monoisotopic (exact) mass is 395 g/mol. The van der Waals surface area contributed by atoms with Gasteiger partial charge in [0.25, 0.3) is 0 Å². The predicted octanol–water partition coefficient (Wildman–Crippen LogP) is 6.17. The van der Waals surface area contributed by atoms with Crippen molar-refractivity contribution in [2.45, 2.75) is 63.3 Å². The molecule has 0 amide bonds. The Morgan fingerprint density at radius 3 is 2.29 bits per heavy atom. The van der Waals surface area contributed by atoms with Gasteiger partial charge in [0, 0.05) is 24.4 Å². The van der Waals surface area contributed by atoms with Crippen LogP contribution in [0.1, 0.15) is 51.2 Å². The summed E-state index contributed by atoms with van der Waals surface area (Å²) in [6.45, 7) is 9.22. The number of fused-ring (bicyclic) bond motifs is 1. The predicted molar refractivity (Wildman–Crippen MR) is 121 cm³/mol. The van der Waals surface area contributed by atoms with E-state index >= 15 is 0 Å². The maximum atomic E-state index is 6.72. The second-order valence-electron chi connectivity index (χ2n) is 9.40. The highest BCUT2D eigenvalue weighted by atomic mass is 32.2. The number of nitrogens with zero attached hydrogens (tertiary/aromatic N) is 1. The Balaban J connectivity index is 1.52. The van der Waals surface area contributed by atoms with E-state index in [2.05, 4.69) is 74.4 Å². The number of benzene rings is 2. The van der Waals surface area contributed by atoms with Gasteiger partial charge in [0.1, 0.15) is 11.4 Å². The van der Waals surface area contributed by atoms with Crippen molar-refractivity contribution in [2.24, 2.45) is 0 Å². The van der Waals surface area contributed by atoms with Crippen molar-refractivity contribution in [1.29, 1.82) is 0 Å². The number of aryl methyl sites for hydroxylation is 1. The van der Waals surface area contributed by atoms with Crippen molar-refractivity contribution in [3.05, 3.63) is 53.6 Å². The molecule has 1 fully saturated rings. The molecule has 0 aliphatic carbocycles. The standard InChI is InChI=1S/C25H33NOS/c1-24(2,3)26-15-13-25(14-16-26)12-11-21-9-10-22(17-23(21)27-25)20-7-5-19(6-8-20)18-28-4/h5-10,17H,11-16,18H2,1-4H3. The van der Waals surface area contributed by atoms with Gasteiger partial charge in [0.15, 0.2) is 0 Å². The highest BCUT2D eigenvalue weighted by Gasteiger charge is 2.41. The van der Waals surface area contributed by atoms with Gasteiger partial charge in [-0.15, -0.1) is 0 Å². The number of likely N-dealkylation sites (tertiary alicyclic amines) is 1. The molecule has 0 atom stereocenters. The largest absolute Gasteiger partial charge is 0.487 e. The van der Waals surface area contributed by atoms with E-state index in [1.165, 1.54) is 22.3 Å². The maximum Gasteiger partial charge on any atom is 0.123 e. The summed E-state index contributed by atoms with van der Waals surface area (Å²) in [5.41, 5.74) is 5.58.